The molecule has 1 aliphatic heterocycles. The SMILES string of the molecule is O=C1CCCC2=C1[C@@H](c1ccc(F)cc1)n1ncnc1N2. The Morgan fingerprint density at radius 3 is 2.86 bits per heavy atom. The van der Waals surface area contributed by atoms with Crippen LogP contribution in [0.2, 0.25) is 0 Å². The van der Waals surface area contributed by atoms with Crippen molar-refractivity contribution in [3.63, 3.8) is 0 Å². The van der Waals surface area contributed by atoms with Gasteiger partial charge >= 0.3 is 0 Å². The minimum atomic E-state index is -0.327. The molecule has 5 nitrogen and oxygen atoms in total. The van der Waals surface area contributed by atoms with Crippen molar-refractivity contribution in [2.75, 3.05) is 5.32 Å². The Labute approximate surface area is 120 Å². The molecule has 1 N–H and O–H groups in total. The largest absolute Gasteiger partial charge is 0.328 e. The number of allylic oxidation sites excluding steroid dienone is 2. The lowest BCUT2D eigenvalue weighted by Crippen LogP contribution is -2.31. The monoisotopic (exact) mass is 284 g/mol. The van der Waals surface area contributed by atoms with Gasteiger partial charge in [-0.2, -0.15) is 10.1 Å². The van der Waals surface area contributed by atoms with E-state index in [0.717, 1.165) is 29.7 Å². The number of benzene rings is 1. The molecule has 2 aromatic rings. The van der Waals surface area contributed by atoms with Crippen LogP contribution in [0.5, 0.6) is 0 Å². The topological polar surface area (TPSA) is 59.8 Å². The molecule has 0 fully saturated rings. The zero-order valence-electron chi connectivity index (χ0n) is 11.2. The van der Waals surface area contributed by atoms with E-state index in [4.69, 9.17) is 0 Å². The lowest BCUT2D eigenvalue weighted by molar-refractivity contribution is -0.116. The molecule has 0 unspecified atom stereocenters. The Hall–Kier alpha value is -2.50. The fraction of sp³-hybridized carbons (Fsp3) is 0.267. The van der Waals surface area contributed by atoms with Gasteiger partial charge in [-0.1, -0.05) is 12.1 Å². The van der Waals surface area contributed by atoms with Crippen LogP contribution >= 0.6 is 0 Å². The van der Waals surface area contributed by atoms with Crippen molar-refractivity contribution in [3.8, 4) is 0 Å². The predicted molar refractivity (Wildman–Crippen MR) is 74.1 cm³/mol. The Kier molecular flexibility index (Phi) is 2.63. The van der Waals surface area contributed by atoms with Gasteiger partial charge in [0.1, 0.15) is 18.2 Å². The highest BCUT2D eigenvalue weighted by molar-refractivity contribution is 5.99. The lowest BCUT2D eigenvalue weighted by Gasteiger charge is -2.32. The number of nitrogens with one attached hydrogen (secondary N) is 1. The van der Waals surface area contributed by atoms with E-state index < -0.39 is 0 Å². The van der Waals surface area contributed by atoms with Crippen LogP contribution in [0, 0.1) is 5.82 Å². The summed E-state index contributed by atoms with van der Waals surface area (Å²) < 4.78 is 14.9. The van der Waals surface area contributed by atoms with Gasteiger partial charge in [-0.3, -0.25) is 4.79 Å². The molecule has 2 aliphatic rings. The summed E-state index contributed by atoms with van der Waals surface area (Å²) in [5.74, 6) is 0.452. The second-order valence-corrected chi connectivity index (χ2v) is 5.28. The minimum absolute atomic E-state index is 0.124. The van der Waals surface area contributed by atoms with Gasteiger partial charge in [0.15, 0.2) is 5.78 Å². The maximum absolute atomic E-state index is 13.2. The molecule has 0 bridgehead atoms. The second kappa shape index (κ2) is 4.51. The summed E-state index contributed by atoms with van der Waals surface area (Å²) in [7, 11) is 0. The third kappa shape index (κ3) is 1.86. The Bertz CT molecular complexity index is 747. The Morgan fingerprint density at radius 1 is 1.24 bits per heavy atom. The van der Waals surface area contributed by atoms with Crippen molar-refractivity contribution in [3.05, 3.63) is 53.2 Å². The summed E-state index contributed by atoms with van der Waals surface area (Å²) in [6, 6.07) is 5.88. The van der Waals surface area contributed by atoms with Crippen molar-refractivity contribution < 1.29 is 9.18 Å². The van der Waals surface area contributed by atoms with E-state index in [1.165, 1.54) is 18.5 Å². The molecule has 0 saturated carbocycles. The third-order valence-corrected chi connectivity index (χ3v) is 4.00. The van der Waals surface area contributed by atoms with Crippen LogP contribution in [-0.4, -0.2) is 20.5 Å². The first-order chi connectivity index (χ1) is 10.2. The molecule has 1 aliphatic carbocycles. The Balaban J connectivity index is 1.91. The molecule has 106 valence electrons. The van der Waals surface area contributed by atoms with E-state index in [-0.39, 0.29) is 17.6 Å². The molecule has 21 heavy (non-hydrogen) atoms. The standard InChI is InChI=1S/C15H13FN4O/c16-10-6-4-9(5-7-10)14-13-11(2-1-3-12(13)21)19-15-17-8-18-20(14)15/h4-8,14H,1-3H2,(H,17,18,19)/t14-/m1/s1. The van der Waals surface area contributed by atoms with Crippen LogP contribution in [-0.2, 0) is 4.79 Å². The fourth-order valence-corrected chi connectivity index (χ4v) is 3.05. The number of nitrogens with zero attached hydrogens (tertiary/aromatic N) is 3. The van der Waals surface area contributed by atoms with E-state index in [9.17, 15) is 9.18 Å². The molecule has 0 radical (unpaired) electrons. The number of carbonyl (C=O) groups is 1. The Morgan fingerprint density at radius 2 is 2.05 bits per heavy atom. The molecule has 0 spiro atoms. The van der Waals surface area contributed by atoms with Crippen LogP contribution in [0.15, 0.2) is 41.9 Å². The maximum Gasteiger partial charge on any atom is 0.226 e. The van der Waals surface area contributed by atoms with Gasteiger partial charge in [-0.15, -0.1) is 0 Å². The van der Waals surface area contributed by atoms with Crippen molar-refractivity contribution in [2.24, 2.45) is 0 Å². The number of carbonyl (C=O) groups excluding carboxylic acids is 1. The summed E-state index contributed by atoms with van der Waals surface area (Å²) in [5, 5.41) is 7.42. The van der Waals surface area contributed by atoms with Gasteiger partial charge in [0.05, 0.1) is 0 Å². The quantitative estimate of drug-likeness (QED) is 0.873. The highest BCUT2D eigenvalue weighted by atomic mass is 19.1. The summed E-state index contributed by atoms with van der Waals surface area (Å²) in [6.45, 7) is 0. The van der Waals surface area contributed by atoms with E-state index in [1.54, 1.807) is 16.8 Å². The number of ketones is 1. The van der Waals surface area contributed by atoms with Gasteiger partial charge in [-0.25, -0.2) is 9.07 Å². The summed E-state index contributed by atoms with van der Waals surface area (Å²) in [5.41, 5.74) is 2.49. The first-order valence-corrected chi connectivity index (χ1v) is 6.92. The highest BCUT2D eigenvalue weighted by Crippen LogP contribution is 2.39. The van der Waals surface area contributed by atoms with Crippen molar-refractivity contribution in [1.29, 1.82) is 0 Å². The molecule has 1 aromatic heterocycles. The molecule has 1 atom stereocenters. The average molecular weight is 284 g/mol. The number of rotatable bonds is 1. The van der Waals surface area contributed by atoms with Crippen LogP contribution in [0.1, 0.15) is 30.9 Å². The van der Waals surface area contributed by atoms with Crippen molar-refractivity contribution in [2.45, 2.75) is 25.3 Å². The number of aromatic nitrogens is 3. The predicted octanol–water partition coefficient (Wildman–Crippen LogP) is 2.44. The van der Waals surface area contributed by atoms with Crippen molar-refractivity contribution >= 4 is 11.7 Å². The molecule has 2 heterocycles. The zero-order valence-corrected chi connectivity index (χ0v) is 11.2. The number of anilines is 1. The van der Waals surface area contributed by atoms with E-state index in [0.29, 0.717) is 12.4 Å². The highest BCUT2D eigenvalue weighted by Gasteiger charge is 2.35. The van der Waals surface area contributed by atoms with Crippen molar-refractivity contribution in [1.82, 2.24) is 14.8 Å². The molecule has 0 amide bonds. The van der Waals surface area contributed by atoms with Crippen LogP contribution in [0.3, 0.4) is 0 Å². The molecular formula is C15H13FN4O. The normalized spacial score (nSPS) is 20.8. The fourth-order valence-electron chi connectivity index (χ4n) is 3.05. The first kappa shape index (κ1) is 12.3. The number of hydrogen-bond acceptors (Lipinski definition) is 4. The van der Waals surface area contributed by atoms with Gasteiger partial charge in [0, 0.05) is 17.7 Å². The van der Waals surface area contributed by atoms with Crippen LogP contribution in [0.25, 0.3) is 0 Å². The van der Waals surface area contributed by atoms with Crippen LogP contribution < -0.4 is 5.32 Å². The smallest absolute Gasteiger partial charge is 0.226 e. The average Bonchev–Trinajstić information content (AvgIpc) is 2.94. The third-order valence-electron chi connectivity index (χ3n) is 4.00. The molecule has 0 saturated heterocycles. The maximum atomic E-state index is 13.2. The van der Waals surface area contributed by atoms with Gasteiger partial charge in [0.25, 0.3) is 0 Å². The lowest BCUT2D eigenvalue weighted by atomic mass is 9.85. The molecule has 4 rings (SSSR count). The minimum Gasteiger partial charge on any atom is -0.328 e. The second-order valence-electron chi connectivity index (χ2n) is 5.28. The van der Waals surface area contributed by atoms with E-state index in [2.05, 4.69) is 15.4 Å². The number of halogens is 1. The number of fused-ring (bicyclic) bond motifs is 1. The first-order valence-electron chi connectivity index (χ1n) is 6.92. The molecular weight excluding hydrogens is 271 g/mol. The zero-order chi connectivity index (χ0) is 14.4. The molecule has 6 heteroatoms. The van der Waals surface area contributed by atoms with Gasteiger partial charge in [-0.05, 0) is 30.5 Å². The summed E-state index contributed by atoms with van der Waals surface area (Å²) in [6.07, 6.45) is 3.67. The number of hydrogen-bond donors (Lipinski definition) is 1. The molecule has 1 aromatic carbocycles. The van der Waals surface area contributed by atoms with E-state index in [1.807, 2.05) is 0 Å². The number of Topliss-reactive ketones (excluding diaryl/α,β-unsaturated/α-hetero) is 1. The van der Waals surface area contributed by atoms with Gasteiger partial charge < -0.3 is 5.32 Å². The van der Waals surface area contributed by atoms with Crippen LogP contribution in [0.4, 0.5) is 10.3 Å². The summed E-state index contributed by atoms with van der Waals surface area (Å²) >= 11 is 0. The van der Waals surface area contributed by atoms with E-state index >= 15 is 0 Å². The summed E-state index contributed by atoms with van der Waals surface area (Å²) in [4.78, 5) is 16.6. The van der Waals surface area contributed by atoms with Gasteiger partial charge in [0.2, 0.25) is 5.95 Å².